The van der Waals surface area contributed by atoms with Crippen molar-refractivity contribution in [1.29, 1.82) is 0 Å². The Labute approximate surface area is 154 Å². The van der Waals surface area contributed by atoms with Crippen molar-refractivity contribution in [3.63, 3.8) is 0 Å². The van der Waals surface area contributed by atoms with Gasteiger partial charge in [0.25, 0.3) is 17.7 Å². The van der Waals surface area contributed by atoms with Gasteiger partial charge in [-0.3, -0.25) is 19.3 Å². The van der Waals surface area contributed by atoms with Crippen molar-refractivity contribution in [2.75, 3.05) is 9.80 Å². The fourth-order valence-electron chi connectivity index (χ4n) is 2.87. The number of rotatable bonds is 4. The summed E-state index contributed by atoms with van der Waals surface area (Å²) < 4.78 is 5.74. The number of imide groups is 1. The summed E-state index contributed by atoms with van der Waals surface area (Å²) in [4.78, 5) is 37.4. The summed E-state index contributed by atoms with van der Waals surface area (Å²) in [6, 6.07) is 13.3. The highest BCUT2D eigenvalue weighted by Gasteiger charge is 2.26. The minimum absolute atomic E-state index is 0.285. The molecule has 2 aliphatic heterocycles. The van der Waals surface area contributed by atoms with E-state index >= 15 is 0 Å². The minimum Gasteiger partial charge on any atom is -0.457 e. The van der Waals surface area contributed by atoms with Crippen molar-refractivity contribution in [2.24, 2.45) is 0 Å². The van der Waals surface area contributed by atoms with Gasteiger partial charge >= 0.3 is 0 Å². The second-order valence-electron chi connectivity index (χ2n) is 5.92. The van der Waals surface area contributed by atoms with E-state index in [4.69, 9.17) is 4.74 Å². The zero-order valence-corrected chi connectivity index (χ0v) is 14.0. The van der Waals surface area contributed by atoms with Crippen LogP contribution in [0.25, 0.3) is 0 Å². The average Bonchev–Trinajstić information content (AvgIpc) is 3.18. The van der Waals surface area contributed by atoms with Gasteiger partial charge in [-0.2, -0.15) is 0 Å². The van der Waals surface area contributed by atoms with Crippen LogP contribution in [0.15, 0.2) is 72.8 Å². The van der Waals surface area contributed by atoms with Gasteiger partial charge in [-0.15, -0.1) is 0 Å². The number of aliphatic hydroxyl groups is 1. The molecule has 3 amide bonds. The first kappa shape index (κ1) is 16.7. The third-order valence-corrected chi connectivity index (χ3v) is 4.17. The summed E-state index contributed by atoms with van der Waals surface area (Å²) in [7, 11) is 0. The first-order chi connectivity index (χ1) is 13.0. The molecule has 0 aliphatic carbocycles. The number of carbonyl (C=O) groups is 3. The summed E-state index contributed by atoms with van der Waals surface area (Å²) >= 11 is 0. The molecule has 4 rings (SSSR count). The number of benzene rings is 2. The molecule has 1 atom stereocenters. The van der Waals surface area contributed by atoms with Crippen LogP contribution in [-0.2, 0) is 14.4 Å². The van der Waals surface area contributed by atoms with E-state index in [1.807, 2.05) is 0 Å². The van der Waals surface area contributed by atoms with Crippen molar-refractivity contribution in [2.45, 2.75) is 6.23 Å². The molecule has 2 heterocycles. The molecule has 7 heteroatoms. The second-order valence-corrected chi connectivity index (χ2v) is 5.92. The van der Waals surface area contributed by atoms with Crippen molar-refractivity contribution < 1.29 is 24.2 Å². The van der Waals surface area contributed by atoms with Crippen LogP contribution in [0, 0.1) is 0 Å². The summed E-state index contributed by atoms with van der Waals surface area (Å²) in [5.74, 6) is 0.0233. The SMILES string of the molecule is O=C1C=CC(=O)N1c1ccc(Oc2ccc(N3C(=O)C=CC3O)cc2)cc1. The highest BCUT2D eigenvalue weighted by molar-refractivity contribution is 6.28. The summed E-state index contributed by atoms with van der Waals surface area (Å²) in [6.45, 7) is 0. The average molecular weight is 362 g/mol. The quantitative estimate of drug-likeness (QED) is 0.842. The van der Waals surface area contributed by atoms with Gasteiger partial charge in [0.15, 0.2) is 6.23 Å². The maximum Gasteiger partial charge on any atom is 0.258 e. The van der Waals surface area contributed by atoms with Crippen LogP contribution >= 0.6 is 0 Å². The van der Waals surface area contributed by atoms with E-state index in [-0.39, 0.29) is 17.7 Å². The third-order valence-electron chi connectivity index (χ3n) is 4.17. The Morgan fingerprint density at radius 1 is 0.704 bits per heavy atom. The van der Waals surface area contributed by atoms with E-state index in [1.165, 1.54) is 29.2 Å². The smallest absolute Gasteiger partial charge is 0.258 e. The molecular weight excluding hydrogens is 348 g/mol. The molecule has 27 heavy (non-hydrogen) atoms. The number of nitrogens with zero attached hydrogens (tertiary/aromatic N) is 2. The fourth-order valence-corrected chi connectivity index (χ4v) is 2.87. The highest BCUT2D eigenvalue weighted by atomic mass is 16.5. The van der Waals surface area contributed by atoms with Crippen LogP contribution in [0.1, 0.15) is 0 Å². The van der Waals surface area contributed by atoms with E-state index in [2.05, 4.69) is 0 Å². The third kappa shape index (κ3) is 3.11. The lowest BCUT2D eigenvalue weighted by Gasteiger charge is -2.20. The summed E-state index contributed by atoms with van der Waals surface area (Å²) in [5, 5.41) is 9.80. The summed E-state index contributed by atoms with van der Waals surface area (Å²) in [6.07, 6.45) is 4.22. The first-order valence-corrected chi connectivity index (χ1v) is 8.16. The number of anilines is 2. The topological polar surface area (TPSA) is 87.2 Å². The maximum atomic E-state index is 11.7. The predicted molar refractivity (Wildman–Crippen MR) is 97.2 cm³/mol. The zero-order valence-electron chi connectivity index (χ0n) is 14.0. The van der Waals surface area contributed by atoms with E-state index in [9.17, 15) is 19.5 Å². The highest BCUT2D eigenvalue weighted by Crippen LogP contribution is 2.28. The van der Waals surface area contributed by atoms with Crippen LogP contribution in [0.3, 0.4) is 0 Å². The molecule has 2 aromatic carbocycles. The zero-order chi connectivity index (χ0) is 19.0. The van der Waals surface area contributed by atoms with Crippen molar-refractivity contribution in [3.8, 4) is 11.5 Å². The molecule has 134 valence electrons. The van der Waals surface area contributed by atoms with Gasteiger partial charge in [0, 0.05) is 23.9 Å². The van der Waals surface area contributed by atoms with E-state index in [0.29, 0.717) is 22.9 Å². The molecule has 0 radical (unpaired) electrons. The number of ether oxygens (including phenoxy) is 1. The van der Waals surface area contributed by atoms with Gasteiger partial charge < -0.3 is 9.84 Å². The second kappa shape index (κ2) is 6.54. The van der Waals surface area contributed by atoms with Gasteiger partial charge in [0.05, 0.1) is 5.69 Å². The Hall–Kier alpha value is -3.71. The monoisotopic (exact) mass is 362 g/mol. The van der Waals surface area contributed by atoms with Gasteiger partial charge in [0.1, 0.15) is 11.5 Å². The van der Waals surface area contributed by atoms with E-state index in [0.717, 1.165) is 4.90 Å². The lowest BCUT2D eigenvalue weighted by Crippen LogP contribution is -2.33. The molecule has 7 nitrogen and oxygen atoms in total. The molecular formula is C20H14N2O5. The van der Waals surface area contributed by atoms with Crippen LogP contribution in [0.5, 0.6) is 11.5 Å². The normalized spacial score (nSPS) is 18.7. The van der Waals surface area contributed by atoms with Gasteiger partial charge in [-0.1, -0.05) is 0 Å². The molecule has 1 N–H and O–H groups in total. The summed E-state index contributed by atoms with van der Waals surface area (Å²) in [5.41, 5.74) is 1.02. The fraction of sp³-hybridized carbons (Fsp3) is 0.0500. The van der Waals surface area contributed by atoms with Crippen LogP contribution in [0.2, 0.25) is 0 Å². The lowest BCUT2D eigenvalue weighted by molar-refractivity contribution is -0.120. The molecule has 0 fully saturated rings. The minimum atomic E-state index is -0.970. The Morgan fingerprint density at radius 3 is 1.70 bits per heavy atom. The molecule has 0 saturated carbocycles. The first-order valence-electron chi connectivity index (χ1n) is 8.16. The van der Waals surface area contributed by atoms with Gasteiger partial charge in [-0.05, 0) is 54.6 Å². The van der Waals surface area contributed by atoms with Crippen molar-refractivity contribution >= 4 is 29.1 Å². The Kier molecular flexibility index (Phi) is 4.06. The molecule has 1 unspecified atom stereocenters. The largest absolute Gasteiger partial charge is 0.457 e. The van der Waals surface area contributed by atoms with Crippen molar-refractivity contribution in [3.05, 3.63) is 72.8 Å². The molecule has 0 bridgehead atoms. The number of aliphatic hydroxyl groups excluding tert-OH is 1. The maximum absolute atomic E-state index is 11.7. The van der Waals surface area contributed by atoms with Gasteiger partial charge in [-0.25, -0.2) is 4.90 Å². The molecule has 0 aromatic heterocycles. The Bertz CT molecular complexity index is 958. The van der Waals surface area contributed by atoms with E-state index < -0.39 is 6.23 Å². The Morgan fingerprint density at radius 2 is 1.22 bits per heavy atom. The standard InChI is InChI=1S/C20H14N2O5/c23-17-9-10-18(24)21(17)13-1-5-15(6-2-13)27-16-7-3-14(4-8-16)22-19(25)11-12-20(22)26/h1-12,17,23H. The number of hydrogen-bond acceptors (Lipinski definition) is 5. The Balaban J connectivity index is 1.46. The van der Waals surface area contributed by atoms with Crippen molar-refractivity contribution in [1.82, 2.24) is 0 Å². The van der Waals surface area contributed by atoms with Gasteiger partial charge in [0.2, 0.25) is 0 Å². The number of carbonyl (C=O) groups excluding carboxylic acids is 3. The van der Waals surface area contributed by atoms with E-state index in [1.54, 1.807) is 48.5 Å². The van der Waals surface area contributed by atoms with Crippen LogP contribution < -0.4 is 14.5 Å². The van der Waals surface area contributed by atoms with Crippen LogP contribution in [0.4, 0.5) is 11.4 Å². The number of amides is 3. The molecule has 0 spiro atoms. The van der Waals surface area contributed by atoms with Crippen LogP contribution in [-0.4, -0.2) is 29.1 Å². The molecule has 0 saturated heterocycles. The molecule has 2 aliphatic rings. The molecule has 2 aromatic rings. The lowest BCUT2D eigenvalue weighted by atomic mass is 10.2. The number of hydrogen-bond donors (Lipinski definition) is 1. The predicted octanol–water partition coefficient (Wildman–Crippen LogP) is 2.13.